The summed E-state index contributed by atoms with van der Waals surface area (Å²) in [7, 11) is 0. The lowest BCUT2D eigenvalue weighted by atomic mass is 10.3. The molecule has 20 heavy (non-hydrogen) atoms. The Morgan fingerprint density at radius 2 is 1.95 bits per heavy atom. The molecule has 0 amide bonds. The van der Waals surface area contributed by atoms with E-state index in [1.165, 1.54) is 36.4 Å². The molecule has 1 N–H and O–H groups in total. The van der Waals surface area contributed by atoms with Gasteiger partial charge in [0.05, 0.1) is 4.92 Å². The number of ether oxygens (including phenoxy) is 1. The van der Waals surface area contributed by atoms with Crippen LogP contribution in [0.1, 0.15) is 5.76 Å². The van der Waals surface area contributed by atoms with Crippen molar-refractivity contribution < 1.29 is 24.0 Å². The van der Waals surface area contributed by atoms with E-state index >= 15 is 0 Å². The predicted octanol–water partition coefficient (Wildman–Crippen LogP) is 3.08. The van der Waals surface area contributed by atoms with Gasteiger partial charge in [0.1, 0.15) is 11.5 Å². The number of rotatable bonds is 5. The van der Waals surface area contributed by atoms with Crippen molar-refractivity contribution in [3.63, 3.8) is 0 Å². The van der Waals surface area contributed by atoms with Crippen molar-refractivity contribution >= 4 is 17.7 Å². The quantitative estimate of drug-likeness (QED) is 0.511. The summed E-state index contributed by atoms with van der Waals surface area (Å²) >= 11 is 0. The molecule has 0 bridgehead atoms. The Bertz CT molecular complexity index is 656. The molecule has 1 aromatic carbocycles. The zero-order valence-electron chi connectivity index (χ0n) is 10.1. The second-order valence-corrected chi connectivity index (χ2v) is 3.68. The molecule has 0 aliphatic carbocycles. The van der Waals surface area contributed by atoms with Crippen LogP contribution in [-0.2, 0) is 4.79 Å². The van der Waals surface area contributed by atoms with E-state index in [1.54, 1.807) is 6.07 Å². The number of nitrogens with zero attached hydrogens (tertiary/aromatic N) is 1. The molecule has 2 aromatic rings. The molecule has 0 radical (unpaired) electrons. The zero-order valence-corrected chi connectivity index (χ0v) is 10.1. The van der Waals surface area contributed by atoms with Crippen molar-refractivity contribution in [1.82, 2.24) is 0 Å². The summed E-state index contributed by atoms with van der Waals surface area (Å²) in [5.41, 5.74) is -0.0399. The fourth-order valence-electron chi connectivity index (χ4n) is 1.38. The Hall–Kier alpha value is -3.09. The predicted molar refractivity (Wildman–Crippen MR) is 68.5 cm³/mol. The van der Waals surface area contributed by atoms with E-state index in [2.05, 4.69) is 0 Å². The van der Waals surface area contributed by atoms with E-state index < -0.39 is 10.9 Å². The number of carboxylic acids is 1. The van der Waals surface area contributed by atoms with E-state index in [9.17, 15) is 14.9 Å². The highest BCUT2D eigenvalue weighted by Gasteiger charge is 2.07. The average molecular weight is 275 g/mol. The van der Waals surface area contributed by atoms with Gasteiger partial charge in [-0.05, 0) is 24.3 Å². The highest BCUT2D eigenvalue weighted by atomic mass is 16.6. The van der Waals surface area contributed by atoms with Crippen LogP contribution in [0.5, 0.6) is 11.7 Å². The van der Waals surface area contributed by atoms with Crippen molar-refractivity contribution in [3.8, 4) is 11.7 Å². The standard InChI is InChI=1S/C13H9NO6/c15-12(16)7-5-11-6-8-13(20-11)19-10-3-1-9(2-4-10)14(17)18/h1-8H,(H,15,16)/b7-5+. The number of nitro benzene ring substituents is 1. The second kappa shape index (κ2) is 5.70. The molecule has 0 saturated carbocycles. The summed E-state index contributed by atoms with van der Waals surface area (Å²) in [6.45, 7) is 0. The summed E-state index contributed by atoms with van der Waals surface area (Å²) in [4.78, 5) is 20.3. The van der Waals surface area contributed by atoms with Crippen molar-refractivity contribution in [3.05, 3.63) is 58.3 Å². The first-order valence-corrected chi connectivity index (χ1v) is 5.48. The van der Waals surface area contributed by atoms with Gasteiger partial charge in [-0.2, -0.15) is 0 Å². The second-order valence-electron chi connectivity index (χ2n) is 3.68. The van der Waals surface area contributed by atoms with Crippen LogP contribution in [0.2, 0.25) is 0 Å². The third kappa shape index (κ3) is 3.45. The fraction of sp³-hybridized carbons (Fsp3) is 0. The van der Waals surface area contributed by atoms with Crippen LogP contribution in [0.15, 0.2) is 46.9 Å². The first kappa shape index (κ1) is 13.3. The van der Waals surface area contributed by atoms with Crippen LogP contribution < -0.4 is 4.74 Å². The minimum Gasteiger partial charge on any atom is -0.478 e. The Labute approximate surface area is 112 Å². The maximum absolute atomic E-state index is 10.5. The summed E-state index contributed by atoms with van der Waals surface area (Å²) in [6.07, 6.45) is 2.22. The van der Waals surface area contributed by atoms with Crippen LogP contribution in [0.3, 0.4) is 0 Å². The van der Waals surface area contributed by atoms with E-state index in [-0.39, 0.29) is 11.6 Å². The van der Waals surface area contributed by atoms with Gasteiger partial charge < -0.3 is 14.3 Å². The molecule has 0 fully saturated rings. The summed E-state index contributed by atoms with van der Waals surface area (Å²) in [6, 6.07) is 8.55. The number of carbonyl (C=O) groups is 1. The van der Waals surface area contributed by atoms with Crippen LogP contribution in [-0.4, -0.2) is 16.0 Å². The van der Waals surface area contributed by atoms with Gasteiger partial charge in [0.15, 0.2) is 0 Å². The fourth-order valence-corrected chi connectivity index (χ4v) is 1.38. The SMILES string of the molecule is O=C(O)/C=C/c1ccc(Oc2ccc([N+](=O)[O-])cc2)o1. The number of non-ortho nitro benzene ring substituents is 1. The number of carboxylic acid groups (broad SMARTS) is 1. The molecule has 0 aliphatic heterocycles. The molecule has 2 rings (SSSR count). The average Bonchev–Trinajstić information content (AvgIpc) is 2.84. The van der Waals surface area contributed by atoms with Crippen LogP contribution >= 0.6 is 0 Å². The van der Waals surface area contributed by atoms with Crippen molar-refractivity contribution in [1.29, 1.82) is 0 Å². The number of nitro groups is 1. The van der Waals surface area contributed by atoms with E-state index in [0.29, 0.717) is 11.5 Å². The molecule has 0 saturated heterocycles. The van der Waals surface area contributed by atoms with Gasteiger partial charge in [-0.3, -0.25) is 10.1 Å². The molecule has 0 aliphatic rings. The number of aliphatic carboxylic acids is 1. The normalized spacial score (nSPS) is 10.6. The van der Waals surface area contributed by atoms with Gasteiger partial charge in [-0.1, -0.05) is 0 Å². The minimum absolute atomic E-state index is 0.0399. The minimum atomic E-state index is -1.08. The lowest BCUT2D eigenvalue weighted by molar-refractivity contribution is -0.384. The van der Waals surface area contributed by atoms with Crippen LogP contribution in [0.25, 0.3) is 6.08 Å². The van der Waals surface area contributed by atoms with E-state index in [4.69, 9.17) is 14.3 Å². The van der Waals surface area contributed by atoms with E-state index in [1.807, 2.05) is 0 Å². The molecular formula is C13H9NO6. The number of hydrogen-bond acceptors (Lipinski definition) is 5. The van der Waals surface area contributed by atoms with Gasteiger partial charge in [-0.15, -0.1) is 0 Å². The summed E-state index contributed by atoms with van der Waals surface area (Å²) < 4.78 is 10.5. The summed E-state index contributed by atoms with van der Waals surface area (Å²) in [5.74, 6) is -0.230. The van der Waals surface area contributed by atoms with Gasteiger partial charge in [0.25, 0.3) is 11.6 Å². The molecule has 1 heterocycles. The van der Waals surface area contributed by atoms with Gasteiger partial charge in [0.2, 0.25) is 0 Å². The topological polar surface area (TPSA) is 103 Å². The highest BCUT2D eigenvalue weighted by molar-refractivity contribution is 5.84. The highest BCUT2D eigenvalue weighted by Crippen LogP contribution is 2.25. The first-order valence-electron chi connectivity index (χ1n) is 5.48. The molecule has 0 spiro atoms. The number of benzene rings is 1. The third-order valence-electron chi connectivity index (χ3n) is 2.26. The van der Waals surface area contributed by atoms with Crippen molar-refractivity contribution in [2.24, 2.45) is 0 Å². The monoisotopic (exact) mass is 275 g/mol. The third-order valence-corrected chi connectivity index (χ3v) is 2.26. The lowest BCUT2D eigenvalue weighted by Crippen LogP contribution is -1.87. The number of furan rings is 1. The molecule has 102 valence electrons. The summed E-state index contributed by atoms with van der Waals surface area (Å²) in [5, 5.41) is 19.0. The molecule has 0 atom stereocenters. The number of hydrogen-bond donors (Lipinski definition) is 1. The van der Waals surface area contributed by atoms with E-state index in [0.717, 1.165) is 6.08 Å². The van der Waals surface area contributed by atoms with Crippen molar-refractivity contribution in [2.45, 2.75) is 0 Å². The van der Waals surface area contributed by atoms with Gasteiger partial charge in [0, 0.05) is 24.3 Å². The maximum atomic E-state index is 10.5. The smallest absolute Gasteiger partial charge is 0.328 e. The molecule has 1 aromatic heterocycles. The zero-order chi connectivity index (χ0) is 14.5. The van der Waals surface area contributed by atoms with Crippen LogP contribution in [0.4, 0.5) is 5.69 Å². The van der Waals surface area contributed by atoms with Gasteiger partial charge >= 0.3 is 5.97 Å². The maximum Gasteiger partial charge on any atom is 0.328 e. The molecule has 7 nitrogen and oxygen atoms in total. The molecule has 0 unspecified atom stereocenters. The van der Waals surface area contributed by atoms with Gasteiger partial charge in [-0.25, -0.2) is 4.79 Å². The Morgan fingerprint density at radius 3 is 2.55 bits per heavy atom. The Kier molecular flexibility index (Phi) is 3.80. The lowest BCUT2D eigenvalue weighted by Gasteiger charge is -2.00. The Morgan fingerprint density at radius 1 is 1.25 bits per heavy atom. The largest absolute Gasteiger partial charge is 0.478 e. The first-order chi connectivity index (χ1) is 9.54. The Balaban J connectivity index is 2.06. The molecular weight excluding hydrogens is 266 g/mol. The van der Waals surface area contributed by atoms with Crippen LogP contribution in [0, 0.1) is 10.1 Å². The molecule has 7 heteroatoms. The van der Waals surface area contributed by atoms with Crippen molar-refractivity contribution in [2.75, 3.05) is 0 Å².